The normalized spacial score (nSPS) is 13.4. The summed E-state index contributed by atoms with van der Waals surface area (Å²) in [6.07, 6.45) is 0.620. The summed E-state index contributed by atoms with van der Waals surface area (Å²) in [6.45, 7) is 5.69. The fraction of sp³-hybridized carbons (Fsp3) is 0.556. The Balaban J connectivity index is 3.90. The standard InChI is InChI=1S/C9H15FN2O2/c1-3-8(5-11-7-13)12-6-9(10)14-4-2/h3,7,9H,1,4-6H2,2H3,(H,11,13)/b12-8+. The first kappa shape index (κ1) is 12.8. The van der Waals surface area contributed by atoms with E-state index in [2.05, 4.69) is 21.6 Å². The predicted octanol–water partition coefficient (Wildman–Crippen LogP) is 0.691. The molecule has 0 heterocycles. The van der Waals surface area contributed by atoms with Gasteiger partial charge in [-0.05, 0) is 13.0 Å². The summed E-state index contributed by atoms with van der Waals surface area (Å²) in [5.41, 5.74) is 0.527. The first-order chi connectivity index (χ1) is 6.74. The van der Waals surface area contributed by atoms with Gasteiger partial charge >= 0.3 is 0 Å². The third kappa shape index (κ3) is 6.30. The Labute approximate surface area is 82.9 Å². The van der Waals surface area contributed by atoms with Gasteiger partial charge in [-0.3, -0.25) is 9.79 Å². The molecule has 80 valence electrons. The van der Waals surface area contributed by atoms with E-state index in [4.69, 9.17) is 0 Å². The summed E-state index contributed by atoms with van der Waals surface area (Å²) in [4.78, 5) is 13.8. The number of alkyl halides is 1. The molecule has 0 aliphatic rings. The van der Waals surface area contributed by atoms with Crippen molar-refractivity contribution in [3.8, 4) is 0 Å². The lowest BCUT2D eigenvalue weighted by atomic mass is 10.3. The van der Waals surface area contributed by atoms with E-state index < -0.39 is 6.36 Å². The minimum Gasteiger partial charge on any atom is -0.353 e. The van der Waals surface area contributed by atoms with Crippen molar-refractivity contribution in [1.29, 1.82) is 0 Å². The van der Waals surface area contributed by atoms with Crippen LogP contribution in [0.2, 0.25) is 0 Å². The third-order valence-corrected chi connectivity index (χ3v) is 1.39. The fourth-order valence-corrected chi connectivity index (χ4v) is 0.761. The number of nitrogens with zero attached hydrogens (tertiary/aromatic N) is 1. The zero-order valence-corrected chi connectivity index (χ0v) is 8.20. The maximum absolute atomic E-state index is 12.8. The SMILES string of the molecule is C=C/C(CNC=O)=N\CC(F)OCC. The Hall–Kier alpha value is -1.23. The lowest BCUT2D eigenvalue weighted by Crippen LogP contribution is -2.21. The molecule has 1 atom stereocenters. The zero-order valence-electron chi connectivity index (χ0n) is 8.20. The zero-order chi connectivity index (χ0) is 10.8. The van der Waals surface area contributed by atoms with Gasteiger partial charge in [0.15, 0.2) is 0 Å². The number of aliphatic imine (C=N–C) groups is 1. The molecule has 1 amide bonds. The molecule has 0 bridgehead atoms. The van der Waals surface area contributed by atoms with Gasteiger partial charge in [0.05, 0.1) is 18.8 Å². The molecule has 0 radical (unpaired) electrons. The van der Waals surface area contributed by atoms with E-state index in [1.54, 1.807) is 6.92 Å². The average Bonchev–Trinajstić information content (AvgIpc) is 2.19. The summed E-state index contributed by atoms with van der Waals surface area (Å²) >= 11 is 0. The minimum atomic E-state index is -1.40. The lowest BCUT2D eigenvalue weighted by molar-refractivity contribution is -0.109. The molecule has 0 saturated heterocycles. The topological polar surface area (TPSA) is 50.7 Å². The maximum atomic E-state index is 12.8. The molecule has 0 spiro atoms. The lowest BCUT2D eigenvalue weighted by Gasteiger charge is -2.05. The summed E-state index contributed by atoms with van der Waals surface area (Å²) in [7, 11) is 0. The monoisotopic (exact) mass is 202 g/mol. The van der Waals surface area contributed by atoms with Crippen molar-refractivity contribution >= 4 is 12.1 Å². The van der Waals surface area contributed by atoms with Crippen molar-refractivity contribution in [2.75, 3.05) is 19.7 Å². The van der Waals surface area contributed by atoms with E-state index in [1.807, 2.05) is 0 Å². The largest absolute Gasteiger partial charge is 0.353 e. The van der Waals surface area contributed by atoms with Crippen LogP contribution in [0, 0.1) is 0 Å². The Morgan fingerprint density at radius 1 is 1.79 bits per heavy atom. The van der Waals surface area contributed by atoms with E-state index >= 15 is 0 Å². The number of nitrogens with one attached hydrogen (secondary N) is 1. The Bertz CT molecular complexity index is 207. The average molecular weight is 202 g/mol. The molecule has 4 nitrogen and oxygen atoms in total. The van der Waals surface area contributed by atoms with Crippen molar-refractivity contribution in [2.45, 2.75) is 13.3 Å². The van der Waals surface area contributed by atoms with Gasteiger partial charge in [-0.15, -0.1) is 0 Å². The highest BCUT2D eigenvalue weighted by Gasteiger charge is 2.03. The van der Waals surface area contributed by atoms with E-state index in [0.29, 0.717) is 18.7 Å². The Morgan fingerprint density at radius 3 is 3.00 bits per heavy atom. The minimum absolute atomic E-state index is 0.0737. The third-order valence-electron chi connectivity index (χ3n) is 1.39. The van der Waals surface area contributed by atoms with Crippen molar-refractivity contribution in [1.82, 2.24) is 5.32 Å². The number of amides is 1. The van der Waals surface area contributed by atoms with E-state index in [1.165, 1.54) is 6.08 Å². The number of hydrogen-bond donors (Lipinski definition) is 1. The number of halogens is 1. The Kier molecular flexibility index (Phi) is 7.64. The highest BCUT2D eigenvalue weighted by atomic mass is 19.1. The predicted molar refractivity (Wildman–Crippen MR) is 53.1 cm³/mol. The van der Waals surface area contributed by atoms with Crippen molar-refractivity contribution in [3.63, 3.8) is 0 Å². The van der Waals surface area contributed by atoms with Crippen molar-refractivity contribution in [2.24, 2.45) is 4.99 Å². The molecule has 0 saturated carbocycles. The van der Waals surface area contributed by atoms with Crippen molar-refractivity contribution in [3.05, 3.63) is 12.7 Å². The van der Waals surface area contributed by atoms with Crippen LogP contribution in [-0.2, 0) is 9.53 Å². The van der Waals surface area contributed by atoms with E-state index in [9.17, 15) is 9.18 Å². The summed E-state index contributed by atoms with van der Waals surface area (Å²) < 4.78 is 17.4. The number of hydrogen-bond acceptors (Lipinski definition) is 3. The van der Waals surface area contributed by atoms with Gasteiger partial charge in [0.25, 0.3) is 0 Å². The molecule has 5 heteroatoms. The molecule has 0 rings (SSSR count). The second kappa shape index (κ2) is 8.37. The smallest absolute Gasteiger partial charge is 0.218 e. The van der Waals surface area contributed by atoms with Crippen LogP contribution in [0.3, 0.4) is 0 Å². The fourth-order valence-electron chi connectivity index (χ4n) is 0.761. The molecule has 0 aromatic heterocycles. The van der Waals surface area contributed by atoms with Crippen LogP contribution in [0.1, 0.15) is 6.92 Å². The van der Waals surface area contributed by atoms with Gasteiger partial charge in [0.2, 0.25) is 12.8 Å². The molecule has 14 heavy (non-hydrogen) atoms. The quantitative estimate of drug-likeness (QED) is 0.465. The van der Waals surface area contributed by atoms with Gasteiger partial charge in [0.1, 0.15) is 0 Å². The van der Waals surface area contributed by atoms with E-state index in [-0.39, 0.29) is 13.1 Å². The highest BCUT2D eigenvalue weighted by Crippen LogP contribution is 1.94. The summed E-state index contributed by atoms with van der Waals surface area (Å²) in [6, 6.07) is 0. The van der Waals surface area contributed by atoms with Gasteiger partial charge in [0, 0.05) is 6.61 Å². The number of carbonyl (C=O) groups excluding carboxylic acids is 1. The first-order valence-electron chi connectivity index (χ1n) is 4.33. The summed E-state index contributed by atoms with van der Waals surface area (Å²) in [5, 5.41) is 2.41. The molecule has 0 aliphatic carbocycles. The molecule has 0 fully saturated rings. The molecule has 0 aromatic rings. The van der Waals surface area contributed by atoms with Crippen LogP contribution in [0.15, 0.2) is 17.6 Å². The highest BCUT2D eigenvalue weighted by molar-refractivity contribution is 5.96. The van der Waals surface area contributed by atoms with Gasteiger partial charge in [-0.1, -0.05) is 6.58 Å². The van der Waals surface area contributed by atoms with Gasteiger partial charge in [-0.25, -0.2) is 4.39 Å². The van der Waals surface area contributed by atoms with Gasteiger partial charge in [-0.2, -0.15) is 0 Å². The summed E-state index contributed by atoms with van der Waals surface area (Å²) in [5.74, 6) is 0. The molecule has 1 N–H and O–H groups in total. The molecular weight excluding hydrogens is 187 g/mol. The second-order valence-corrected chi connectivity index (χ2v) is 2.40. The van der Waals surface area contributed by atoms with Gasteiger partial charge < -0.3 is 10.1 Å². The Morgan fingerprint density at radius 2 is 2.50 bits per heavy atom. The van der Waals surface area contributed by atoms with Crippen LogP contribution in [-0.4, -0.2) is 38.2 Å². The van der Waals surface area contributed by atoms with Crippen LogP contribution < -0.4 is 5.32 Å². The van der Waals surface area contributed by atoms with E-state index in [0.717, 1.165) is 0 Å². The molecule has 0 aliphatic heterocycles. The van der Waals surface area contributed by atoms with Crippen molar-refractivity contribution < 1.29 is 13.9 Å². The number of rotatable bonds is 8. The molecular formula is C9H15FN2O2. The second-order valence-electron chi connectivity index (χ2n) is 2.40. The van der Waals surface area contributed by atoms with Crippen LogP contribution in [0.5, 0.6) is 0 Å². The van der Waals surface area contributed by atoms with Crippen LogP contribution >= 0.6 is 0 Å². The van der Waals surface area contributed by atoms with Crippen LogP contribution in [0.4, 0.5) is 4.39 Å². The maximum Gasteiger partial charge on any atom is 0.218 e. The molecule has 1 unspecified atom stereocenters. The van der Waals surface area contributed by atoms with Crippen LogP contribution in [0.25, 0.3) is 0 Å². The molecule has 0 aromatic carbocycles. The first-order valence-corrected chi connectivity index (χ1v) is 4.33. The number of ether oxygens (including phenoxy) is 1. The number of carbonyl (C=O) groups is 1.